The highest BCUT2D eigenvalue weighted by molar-refractivity contribution is 5.44. The molecule has 0 saturated heterocycles. The van der Waals surface area contributed by atoms with Crippen molar-refractivity contribution in [1.82, 2.24) is 24.8 Å². The van der Waals surface area contributed by atoms with Crippen LogP contribution >= 0.6 is 0 Å². The normalized spacial score (nSPS) is 11.7. The van der Waals surface area contributed by atoms with Crippen LogP contribution in [-0.4, -0.2) is 31.9 Å². The molecule has 7 nitrogen and oxygen atoms in total. The number of fused-ring (bicyclic) bond motifs is 1. The van der Waals surface area contributed by atoms with Gasteiger partial charge in [-0.05, 0) is 23.8 Å². The predicted octanol–water partition coefficient (Wildman–Crippen LogP) is 2.16. The number of nitrogens with one attached hydrogen (secondary N) is 1. The Balaban J connectivity index is 1.83. The van der Waals surface area contributed by atoms with E-state index in [9.17, 15) is 13.2 Å². The molecular formula is C13H11F3N6O. The number of ether oxygens (including phenoxy) is 1. The molecule has 0 unspecified atom stereocenters. The standard InChI is InChI=1S/C13H11F3N6O/c1-23-11-6-8(4-5-17-11)7-18-9-2-3-10-19-20-12(13(14,15)16)22(10)21-9/h2-6H,7H2,1H3,(H,18,21). The first kappa shape index (κ1) is 15.0. The van der Waals surface area contributed by atoms with Gasteiger partial charge in [-0.15, -0.1) is 15.3 Å². The molecule has 1 N–H and O–H groups in total. The number of hydrogen-bond donors (Lipinski definition) is 1. The van der Waals surface area contributed by atoms with Crippen LogP contribution in [0.15, 0.2) is 30.5 Å². The van der Waals surface area contributed by atoms with Crippen molar-refractivity contribution in [3.05, 3.63) is 41.9 Å². The molecule has 3 heterocycles. The number of rotatable bonds is 4. The van der Waals surface area contributed by atoms with E-state index in [0.717, 1.165) is 5.56 Å². The van der Waals surface area contributed by atoms with Crippen LogP contribution in [-0.2, 0) is 12.7 Å². The van der Waals surface area contributed by atoms with Crippen molar-refractivity contribution >= 4 is 11.5 Å². The average molecular weight is 324 g/mol. The lowest BCUT2D eigenvalue weighted by Gasteiger charge is -2.08. The highest BCUT2D eigenvalue weighted by atomic mass is 19.4. The molecule has 0 fully saturated rings. The highest BCUT2D eigenvalue weighted by Gasteiger charge is 2.37. The van der Waals surface area contributed by atoms with Crippen molar-refractivity contribution in [1.29, 1.82) is 0 Å². The van der Waals surface area contributed by atoms with Gasteiger partial charge in [-0.2, -0.15) is 17.7 Å². The summed E-state index contributed by atoms with van der Waals surface area (Å²) < 4.78 is 44.1. The highest BCUT2D eigenvalue weighted by Crippen LogP contribution is 2.27. The Bertz CT molecular complexity index is 832. The van der Waals surface area contributed by atoms with Crippen LogP contribution < -0.4 is 10.1 Å². The fourth-order valence-electron chi connectivity index (χ4n) is 1.92. The summed E-state index contributed by atoms with van der Waals surface area (Å²) >= 11 is 0. The predicted molar refractivity (Wildman–Crippen MR) is 73.9 cm³/mol. The Kier molecular flexibility index (Phi) is 3.72. The van der Waals surface area contributed by atoms with Crippen LogP contribution in [0.25, 0.3) is 5.65 Å². The molecule has 0 bridgehead atoms. The molecule has 0 aliphatic rings. The quantitative estimate of drug-likeness (QED) is 0.792. The molecule has 0 spiro atoms. The maximum atomic E-state index is 12.8. The molecule has 0 saturated carbocycles. The lowest BCUT2D eigenvalue weighted by molar-refractivity contribution is -0.146. The second-order valence-electron chi connectivity index (χ2n) is 4.57. The lowest BCUT2D eigenvalue weighted by atomic mass is 10.2. The molecule has 10 heteroatoms. The van der Waals surface area contributed by atoms with Crippen molar-refractivity contribution in [2.75, 3.05) is 12.4 Å². The fourth-order valence-corrected chi connectivity index (χ4v) is 1.92. The van der Waals surface area contributed by atoms with Crippen molar-refractivity contribution in [3.8, 4) is 5.88 Å². The largest absolute Gasteiger partial charge is 0.481 e. The molecule has 0 radical (unpaired) electrons. The Morgan fingerprint density at radius 1 is 1.22 bits per heavy atom. The molecular weight excluding hydrogens is 313 g/mol. The summed E-state index contributed by atoms with van der Waals surface area (Å²) in [6.45, 7) is 0.348. The maximum Gasteiger partial charge on any atom is 0.453 e. The monoisotopic (exact) mass is 324 g/mol. The van der Waals surface area contributed by atoms with Gasteiger partial charge in [-0.1, -0.05) is 0 Å². The molecule has 120 valence electrons. The van der Waals surface area contributed by atoms with Gasteiger partial charge in [-0.25, -0.2) is 4.98 Å². The van der Waals surface area contributed by atoms with Gasteiger partial charge >= 0.3 is 6.18 Å². The number of pyridine rings is 1. The summed E-state index contributed by atoms with van der Waals surface area (Å²) in [6, 6.07) is 6.41. The van der Waals surface area contributed by atoms with E-state index in [-0.39, 0.29) is 11.5 Å². The molecule has 0 aromatic carbocycles. The second-order valence-corrected chi connectivity index (χ2v) is 4.57. The first-order valence-electron chi connectivity index (χ1n) is 6.50. The van der Waals surface area contributed by atoms with E-state index < -0.39 is 12.0 Å². The van der Waals surface area contributed by atoms with Gasteiger partial charge in [0.15, 0.2) is 5.65 Å². The van der Waals surface area contributed by atoms with Crippen LogP contribution in [0.5, 0.6) is 5.88 Å². The minimum Gasteiger partial charge on any atom is -0.481 e. The Morgan fingerprint density at radius 2 is 2.04 bits per heavy atom. The third kappa shape index (κ3) is 3.15. The summed E-state index contributed by atoms with van der Waals surface area (Å²) in [5, 5.41) is 13.4. The SMILES string of the molecule is COc1cc(CNc2ccc3nnc(C(F)(F)F)n3n2)ccn1. The molecule has 0 amide bonds. The Hall–Kier alpha value is -2.91. The summed E-state index contributed by atoms with van der Waals surface area (Å²) in [4.78, 5) is 3.97. The zero-order valence-electron chi connectivity index (χ0n) is 11.9. The van der Waals surface area contributed by atoms with Crippen LogP contribution in [0, 0.1) is 0 Å². The number of aromatic nitrogens is 5. The van der Waals surface area contributed by atoms with E-state index in [1.807, 2.05) is 0 Å². The van der Waals surface area contributed by atoms with Gasteiger partial charge in [0.05, 0.1) is 7.11 Å². The third-order valence-electron chi connectivity index (χ3n) is 3.00. The minimum atomic E-state index is -4.62. The molecule has 3 aromatic rings. The van der Waals surface area contributed by atoms with E-state index in [2.05, 4.69) is 25.6 Å². The number of nitrogens with zero attached hydrogens (tertiary/aromatic N) is 5. The van der Waals surface area contributed by atoms with Gasteiger partial charge in [0.1, 0.15) is 5.82 Å². The zero-order valence-corrected chi connectivity index (χ0v) is 11.9. The third-order valence-corrected chi connectivity index (χ3v) is 3.00. The zero-order chi connectivity index (χ0) is 16.4. The molecule has 3 rings (SSSR count). The fraction of sp³-hybridized carbons (Fsp3) is 0.231. The second kappa shape index (κ2) is 5.71. The lowest BCUT2D eigenvalue weighted by Crippen LogP contribution is -2.13. The first-order valence-corrected chi connectivity index (χ1v) is 6.50. The van der Waals surface area contributed by atoms with E-state index in [0.29, 0.717) is 16.9 Å². The Labute approximate surface area is 128 Å². The number of alkyl halides is 3. The first-order chi connectivity index (χ1) is 11.0. The van der Waals surface area contributed by atoms with Crippen molar-refractivity contribution in [2.45, 2.75) is 12.7 Å². The van der Waals surface area contributed by atoms with Gasteiger partial charge in [0.25, 0.3) is 5.82 Å². The van der Waals surface area contributed by atoms with Crippen molar-refractivity contribution in [3.63, 3.8) is 0 Å². The summed E-state index contributed by atoms with van der Waals surface area (Å²) in [6.07, 6.45) is -3.04. The van der Waals surface area contributed by atoms with Crippen molar-refractivity contribution in [2.24, 2.45) is 0 Å². The number of methoxy groups -OCH3 is 1. The smallest absolute Gasteiger partial charge is 0.453 e. The van der Waals surface area contributed by atoms with Crippen molar-refractivity contribution < 1.29 is 17.9 Å². The van der Waals surface area contributed by atoms with Crippen LogP contribution in [0.1, 0.15) is 11.4 Å². The summed E-state index contributed by atoms with van der Waals surface area (Å²) in [7, 11) is 1.50. The van der Waals surface area contributed by atoms with E-state index in [1.54, 1.807) is 18.3 Å². The summed E-state index contributed by atoms with van der Waals surface area (Å²) in [5.74, 6) is -0.453. The van der Waals surface area contributed by atoms with E-state index in [4.69, 9.17) is 4.74 Å². The molecule has 23 heavy (non-hydrogen) atoms. The van der Waals surface area contributed by atoms with Crippen LogP contribution in [0.4, 0.5) is 19.0 Å². The van der Waals surface area contributed by atoms with Gasteiger partial charge in [0, 0.05) is 18.8 Å². The topological polar surface area (TPSA) is 77.2 Å². The van der Waals surface area contributed by atoms with Gasteiger partial charge in [0.2, 0.25) is 5.88 Å². The van der Waals surface area contributed by atoms with Gasteiger partial charge in [-0.3, -0.25) is 0 Å². The molecule has 0 aliphatic carbocycles. The van der Waals surface area contributed by atoms with E-state index >= 15 is 0 Å². The van der Waals surface area contributed by atoms with Crippen LogP contribution in [0.3, 0.4) is 0 Å². The molecule has 3 aromatic heterocycles. The minimum absolute atomic E-state index is 0.0217. The average Bonchev–Trinajstić information content (AvgIpc) is 2.96. The van der Waals surface area contributed by atoms with Crippen LogP contribution in [0.2, 0.25) is 0 Å². The van der Waals surface area contributed by atoms with Gasteiger partial charge < -0.3 is 10.1 Å². The molecule has 0 atom stereocenters. The maximum absolute atomic E-state index is 12.8. The summed E-state index contributed by atoms with van der Waals surface area (Å²) in [5.41, 5.74) is 0.868. The number of halogens is 3. The Morgan fingerprint density at radius 3 is 2.78 bits per heavy atom. The van der Waals surface area contributed by atoms with E-state index in [1.165, 1.54) is 19.2 Å². The number of anilines is 1. The molecule has 0 aliphatic heterocycles. The number of hydrogen-bond acceptors (Lipinski definition) is 6.